The highest BCUT2D eigenvalue weighted by molar-refractivity contribution is 5.98. The molecule has 0 radical (unpaired) electrons. The first-order valence-corrected chi connectivity index (χ1v) is 7.40. The molecule has 100 valence electrons. The van der Waals surface area contributed by atoms with E-state index in [4.69, 9.17) is 0 Å². The molecule has 3 fully saturated rings. The van der Waals surface area contributed by atoms with Crippen molar-refractivity contribution in [3.63, 3.8) is 0 Å². The van der Waals surface area contributed by atoms with Crippen molar-refractivity contribution >= 4 is 11.6 Å². The van der Waals surface area contributed by atoms with E-state index < -0.39 is 0 Å². The van der Waals surface area contributed by atoms with Crippen LogP contribution >= 0.6 is 0 Å². The molecule has 1 saturated carbocycles. The Hall–Kier alpha value is -1.35. The fraction of sp³-hybridized carbons (Fsp3) is 0.562. The van der Waals surface area contributed by atoms with E-state index in [1.165, 1.54) is 19.4 Å². The molecule has 2 aliphatic heterocycles. The van der Waals surface area contributed by atoms with Gasteiger partial charge in [0.1, 0.15) is 0 Å². The molecule has 2 atom stereocenters. The van der Waals surface area contributed by atoms with Gasteiger partial charge in [0.25, 0.3) is 0 Å². The van der Waals surface area contributed by atoms with Crippen molar-refractivity contribution in [2.75, 3.05) is 31.1 Å². The van der Waals surface area contributed by atoms with Crippen molar-refractivity contribution in [3.05, 3.63) is 30.3 Å². The highest BCUT2D eigenvalue weighted by Crippen LogP contribution is 2.37. The lowest BCUT2D eigenvalue weighted by molar-refractivity contribution is -0.120. The maximum Gasteiger partial charge on any atom is 0.231 e. The number of fused-ring (bicyclic) bond motifs is 1. The number of likely N-dealkylation sites (tertiary alicyclic amines) is 1. The van der Waals surface area contributed by atoms with E-state index in [-0.39, 0.29) is 5.92 Å². The van der Waals surface area contributed by atoms with E-state index in [9.17, 15) is 4.79 Å². The van der Waals surface area contributed by atoms with Crippen molar-refractivity contribution in [3.8, 4) is 0 Å². The standard InChI is InChI=1S/C16H20N2O/c19-16-15-11-17(8-12-6-7-12)9-13(15)10-18(16)14-4-2-1-3-5-14/h1-5,12-13,15H,6-11H2. The molecule has 4 rings (SSSR count). The van der Waals surface area contributed by atoms with Gasteiger partial charge in [-0.2, -0.15) is 0 Å². The summed E-state index contributed by atoms with van der Waals surface area (Å²) in [5, 5.41) is 0. The average Bonchev–Trinajstić information content (AvgIpc) is 3.07. The molecule has 2 heterocycles. The van der Waals surface area contributed by atoms with Gasteiger partial charge in [0.15, 0.2) is 0 Å². The van der Waals surface area contributed by atoms with Crippen LogP contribution in [0.5, 0.6) is 0 Å². The Morgan fingerprint density at radius 2 is 1.84 bits per heavy atom. The van der Waals surface area contributed by atoms with E-state index in [0.717, 1.165) is 31.2 Å². The van der Waals surface area contributed by atoms with Gasteiger partial charge in [0.05, 0.1) is 5.92 Å². The first-order chi connectivity index (χ1) is 9.31. The molecule has 2 unspecified atom stereocenters. The third-order valence-electron chi connectivity index (χ3n) is 4.80. The van der Waals surface area contributed by atoms with Crippen LogP contribution in [0.15, 0.2) is 30.3 Å². The van der Waals surface area contributed by atoms with Crippen molar-refractivity contribution < 1.29 is 4.79 Å². The number of hydrogen-bond donors (Lipinski definition) is 0. The summed E-state index contributed by atoms with van der Waals surface area (Å²) < 4.78 is 0. The Bertz CT molecular complexity index is 483. The van der Waals surface area contributed by atoms with E-state index in [1.807, 2.05) is 35.2 Å². The van der Waals surface area contributed by atoms with E-state index in [0.29, 0.717) is 11.8 Å². The lowest BCUT2D eigenvalue weighted by Gasteiger charge is -2.21. The molecule has 0 aromatic heterocycles. The molecule has 3 heteroatoms. The summed E-state index contributed by atoms with van der Waals surface area (Å²) in [5.74, 6) is 2.07. The first-order valence-electron chi connectivity index (χ1n) is 7.40. The lowest BCUT2D eigenvalue weighted by Crippen LogP contribution is -2.33. The minimum absolute atomic E-state index is 0.249. The summed E-state index contributed by atoms with van der Waals surface area (Å²) in [7, 11) is 0. The number of hydrogen-bond acceptors (Lipinski definition) is 2. The predicted octanol–water partition coefficient (Wildman–Crippen LogP) is 1.99. The Morgan fingerprint density at radius 1 is 1.05 bits per heavy atom. The molecule has 0 N–H and O–H groups in total. The molecule has 0 spiro atoms. The smallest absolute Gasteiger partial charge is 0.231 e. The molecule has 3 nitrogen and oxygen atoms in total. The third kappa shape index (κ3) is 2.06. The third-order valence-corrected chi connectivity index (χ3v) is 4.80. The highest BCUT2D eigenvalue weighted by atomic mass is 16.2. The van der Waals surface area contributed by atoms with Crippen molar-refractivity contribution in [2.24, 2.45) is 17.8 Å². The van der Waals surface area contributed by atoms with Crippen LogP contribution in [0.2, 0.25) is 0 Å². The van der Waals surface area contributed by atoms with Gasteiger partial charge in [-0.1, -0.05) is 18.2 Å². The van der Waals surface area contributed by atoms with E-state index in [1.54, 1.807) is 0 Å². The number of anilines is 1. The monoisotopic (exact) mass is 256 g/mol. The van der Waals surface area contributed by atoms with Gasteiger partial charge >= 0.3 is 0 Å². The van der Waals surface area contributed by atoms with Crippen LogP contribution in [0.25, 0.3) is 0 Å². The van der Waals surface area contributed by atoms with Gasteiger partial charge in [-0.05, 0) is 30.9 Å². The predicted molar refractivity (Wildman–Crippen MR) is 74.9 cm³/mol. The van der Waals surface area contributed by atoms with Crippen LogP contribution in [0.3, 0.4) is 0 Å². The number of nitrogens with zero attached hydrogens (tertiary/aromatic N) is 2. The summed E-state index contributed by atoms with van der Waals surface area (Å²) in [6.07, 6.45) is 2.80. The Balaban J connectivity index is 1.46. The molecule has 1 aromatic rings. The number of benzene rings is 1. The molecule has 1 aromatic carbocycles. The minimum atomic E-state index is 0.249. The van der Waals surface area contributed by atoms with Crippen LogP contribution in [0.4, 0.5) is 5.69 Å². The van der Waals surface area contributed by atoms with Gasteiger partial charge in [-0.15, -0.1) is 0 Å². The maximum atomic E-state index is 12.5. The first kappa shape index (κ1) is 11.5. The zero-order chi connectivity index (χ0) is 12.8. The van der Waals surface area contributed by atoms with Crippen LogP contribution in [0, 0.1) is 17.8 Å². The topological polar surface area (TPSA) is 23.6 Å². The lowest BCUT2D eigenvalue weighted by atomic mass is 10.0. The van der Waals surface area contributed by atoms with Crippen molar-refractivity contribution in [1.29, 1.82) is 0 Å². The molecule has 2 saturated heterocycles. The molecule has 19 heavy (non-hydrogen) atoms. The largest absolute Gasteiger partial charge is 0.312 e. The van der Waals surface area contributed by atoms with Gasteiger partial charge in [0.2, 0.25) is 5.91 Å². The molecule has 3 aliphatic rings. The van der Waals surface area contributed by atoms with Crippen molar-refractivity contribution in [1.82, 2.24) is 4.90 Å². The number of para-hydroxylation sites is 1. The summed E-state index contributed by atoms with van der Waals surface area (Å²) in [4.78, 5) is 17.0. The SMILES string of the molecule is O=C1C2CN(CC3CC3)CC2CN1c1ccccc1. The maximum absolute atomic E-state index is 12.5. The quantitative estimate of drug-likeness (QED) is 0.825. The normalized spacial score (nSPS) is 30.9. The zero-order valence-corrected chi connectivity index (χ0v) is 11.2. The van der Waals surface area contributed by atoms with Crippen LogP contribution in [-0.2, 0) is 4.79 Å². The Labute approximate surface area is 114 Å². The Morgan fingerprint density at radius 3 is 2.53 bits per heavy atom. The Kier molecular flexibility index (Phi) is 2.62. The minimum Gasteiger partial charge on any atom is -0.312 e. The molecule has 1 amide bonds. The number of rotatable bonds is 3. The highest BCUT2D eigenvalue weighted by Gasteiger charge is 2.47. The summed E-state index contributed by atoms with van der Waals surface area (Å²) in [6, 6.07) is 10.1. The van der Waals surface area contributed by atoms with Gasteiger partial charge in [0, 0.05) is 37.8 Å². The molecular weight excluding hydrogens is 236 g/mol. The van der Waals surface area contributed by atoms with Crippen LogP contribution in [0.1, 0.15) is 12.8 Å². The summed E-state index contributed by atoms with van der Waals surface area (Å²) in [5.41, 5.74) is 1.07. The van der Waals surface area contributed by atoms with Gasteiger partial charge in [-0.3, -0.25) is 4.79 Å². The zero-order valence-electron chi connectivity index (χ0n) is 11.2. The fourth-order valence-electron chi connectivity index (χ4n) is 3.61. The van der Waals surface area contributed by atoms with Crippen molar-refractivity contribution in [2.45, 2.75) is 12.8 Å². The molecular formula is C16H20N2O. The number of carbonyl (C=O) groups is 1. The molecule has 1 aliphatic carbocycles. The summed E-state index contributed by atoms with van der Waals surface area (Å²) in [6.45, 7) is 4.25. The van der Waals surface area contributed by atoms with Crippen LogP contribution < -0.4 is 4.90 Å². The molecule has 0 bridgehead atoms. The fourth-order valence-corrected chi connectivity index (χ4v) is 3.61. The second-order valence-electron chi connectivity index (χ2n) is 6.31. The van der Waals surface area contributed by atoms with E-state index in [2.05, 4.69) is 4.90 Å². The van der Waals surface area contributed by atoms with Gasteiger partial charge < -0.3 is 9.80 Å². The van der Waals surface area contributed by atoms with E-state index >= 15 is 0 Å². The summed E-state index contributed by atoms with van der Waals surface area (Å²) >= 11 is 0. The van der Waals surface area contributed by atoms with Crippen LogP contribution in [-0.4, -0.2) is 37.0 Å². The second kappa shape index (κ2) is 4.34. The number of carbonyl (C=O) groups excluding carboxylic acids is 1. The average molecular weight is 256 g/mol. The second-order valence-corrected chi connectivity index (χ2v) is 6.31. The van der Waals surface area contributed by atoms with Gasteiger partial charge in [-0.25, -0.2) is 0 Å². The number of amides is 1.